The molecule has 0 bridgehead atoms. The van der Waals surface area contributed by atoms with Crippen LogP contribution in [0.4, 0.5) is 0 Å². The minimum atomic E-state index is -0.736. The van der Waals surface area contributed by atoms with Crippen LogP contribution in [0.1, 0.15) is 32.4 Å². The first-order valence-corrected chi connectivity index (χ1v) is 5.15. The Morgan fingerprint density at radius 1 is 1.60 bits per heavy atom. The molecule has 0 aliphatic carbocycles. The largest absolute Gasteiger partial charge is 0.481 e. The molecule has 0 aliphatic heterocycles. The summed E-state index contributed by atoms with van der Waals surface area (Å²) in [6, 6.07) is 1.95. The van der Waals surface area contributed by atoms with Crippen LogP contribution in [0, 0.1) is 12.3 Å². The fraction of sp³-hybridized carbons (Fsp3) is 0.636. The van der Waals surface area contributed by atoms with Crippen molar-refractivity contribution in [3.8, 4) is 0 Å². The van der Waals surface area contributed by atoms with E-state index in [1.807, 2.05) is 17.7 Å². The summed E-state index contributed by atoms with van der Waals surface area (Å²) in [5, 5.41) is 13.1. The van der Waals surface area contributed by atoms with Crippen LogP contribution < -0.4 is 0 Å². The summed E-state index contributed by atoms with van der Waals surface area (Å²) in [7, 11) is 0. The number of aliphatic carboxylic acids is 1. The van der Waals surface area contributed by atoms with Gasteiger partial charge in [0.25, 0.3) is 0 Å². The van der Waals surface area contributed by atoms with E-state index in [2.05, 4.69) is 5.10 Å². The minimum absolute atomic E-state index is 0.638. The summed E-state index contributed by atoms with van der Waals surface area (Å²) in [6.07, 6.45) is 3.27. The first-order valence-electron chi connectivity index (χ1n) is 5.15. The van der Waals surface area contributed by atoms with Gasteiger partial charge in [-0.2, -0.15) is 5.10 Å². The Bertz CT molecular complexity index is 342. The fourth-order valence-electron chi connectivity index (χ4n) is 1.41. The van der Waals surface area contributed by atoms with E-state index in [4.69, 9.17) is 5.11 Å². The average Bonchev–Trinajstić information content (AvgIpc) is 2.51. The monoisotopic (exact) mass is 210 g/mol. The molecule has 0 saturated carbocycles. The van der Waals surface area contributed by atoms with Crippen LogP contribution in [0.3, 0.4) is 0 Å². The highest BCUT2D eigenvalue weighted by Crippen LogP contribution is 2.22. The van der Waals surface area contributed by atoms with E-state index in [-0.39, 0.29) is 0 Å². The molecular formula is C11H18N2O2. The Kier molecular flexibility index (Phi) is 3.50. The minimum Gasteiger partial charge on any atom is -0.481 e. The molecule has 0 radical (unpaired) electrons. The average molecular weight is 210 g/mol. The van der Waals surface area contributed by atoms with Crippen molar-refractivity contribution in [3.05, 3.63) is 18.0 Å². The maximum Gasteiger partial charge on any atom is 0.309 e. The highest BCUT2D eigenvalue weighted by Gasteiger charge is 2.26. The first kappa shape index (κ1) is 11.8. The molecule has 4 heteroatoms. The first-order chi connectivity index (χ1) is 6.93. The van der Waals surface area contributed by atoms with Crippen LogP contribution in [-0.2, 0) is 11.3 Å². The van der Waals surface area contributed by atoms with Gasteiger partial charge in [0.05, 0.1) is 5.41 Å². The molecule has 1 N–H and O–H groups in total. The molecule has 0 amide bonds. The topological polar surface area (TPSA) is 55.1 Å². The van der Waals surface area contributed by atoms with Gasteiger partial charge in [-0.25, -0.2) is 0 Å². The summed E-state index contributed by atoms with van der Waals surface area (Å²) >= 11 is 0. The number of hydrogen-bond acceptors (Lipinski definition) is 2. The van der Waals surface area contributed by atoms with E-state index < -0.39 is 11.4 Å². The zero-order valence-electron chi connectivity index (χ0n) is 9.53. The van der Waals surface area contributed by atoms with Gasteiger partial charge in [-0.1, -0.05) is 0 Å². The number of carbonyl (C=O) groups is 1. The molecule has 0 atom stereocenters. The molecule has 15 heavy (non-hydrogen) atoms. The molecule has 1 rings (SSSR count). The third-order valence-corrected chi connectivity index (χ3v) is 2.68. The maximum absolute atomic E-state index is 10.9. The number of nitrogens with zero attached hydrogens (tertiary/aromatic N) is 2. The summed E-state index contributed by atoms with van der Waals surface area (Å²) in [6.45, 7) is 6.29. The van der Waals surface area contributed by atoms with Crippen LogP contribution in [-0.4, -0.2) is 20.9 Å². The molecule has 1 heterocycles. The van der Waals surface area contributed by atoms with Crippen LogP contribution in [0.5, 0.6) is 0 Å². The van der Waals surface area contributed by atoms with E-state index in [9.17, 15) is 4.79 Å². The van der Waals surface area contributed by atoms with Crippen LogP contribution in [0.2, 0.25) is 0 Å². The molecule has 0 aliphatic rings. The number of aromatic nitrogens is 2. The summed E-state index contributed by atoms with van der Waals surface area (Å²) < 4.78 is 1.90. The molecule has 4 nitrogen and oxygen atoms in total. The van der Waals surface area contributed by atoms with Gasteiger partial charge in [-0.05, 0) is 39.7 Å². The Hall–Kier alpha value is -1.32. The number of carboxylic acid groups (broad SMARTS) is 1. The lowest BCUT2D eigenvalue weighted by atomic mass is 9.88. The van der Waals surface area contributed by atoms with Gasteiger partial charge in [0.2, 0.25) is 0 Å². The molecule has 0 fully saturated rings. The normalized spacial score (nSPS) is 11.7. The second-order valence-electron chi connectivity index (χ2n) is 4.49. The van der Waals surface area contributed by atoms with E-state index in [1.165, 1.54) is 0 Å². The van der Waals surface area contributed by atoms with Crippen molar-refractivity contribution in [1.29, 1.82) is 0 Å². The molecule has 0 unspecified atom stereocenters. The van der Waals surface area contributed by atoms with Gasteiger partial charge in [0, 0.05) is 18.4 Å². The number of rotatable bonds is 5. The standard InChI is InChI=1S/C11H18N2O2/c1-9-5-7-12-13(9)8-4-6-11(2,3)10(14)15/h5,7H,4,6,8H2,1-3H3,(H,14,15). The van der Waals surface area contributed by atoms with Crippen molar-refractivity contribution in [2.75, 3.05) is 0 Å². The molecule has 84 valence electrons. The third kappa shape index (κ3) is 3.08. The second kappa shape index (κ2) is 4.47. The van der Waals surface area contributed by atoms with Crippen molar-refractivity contribution in [1.82, 2.24) is 9.78 Å². The van der Waals surface area contributed by atoms with E-state index >= 15 is 0 Å². The molecule has 0 spiro atoms. The van der Waals surface area contributed by atoms with E-state index in [0.29, 0.717) is 6.42 Å². The molecular weight excluding hydrogens is 192 g/mol. The van der Waals surface area contributed by atoms with Crippen LogP contribution >= 0.6 is 0 Å². The Morgan fingerprint density at radius 2 is 2.27 bits per heavy atom. The summed E-state index contributed by atoms with van der Waals surface area (Å²) in [5.41, 5.74) is 0.476. The summed E-state index contributed by atoms with van der Waals surface area (Å²) in [5.74, 6) is -0.736. The SMILES string of the molecule is Cc1ccnn1CCCC(C)(C)C(=O)O. The molecule has 0 saturated heterocycles. The number of carboxylic acids is 1. The third-order valence-electron chi connectivity index (χ3n) is 2.68. The van der Waals surface area contributed by atoms with E-state index in [0.717, 1.165) is 18.7 Å². The van der Waals surface area contributed by atoms with Gasteiger partial charge >= 0.3 is 5.97 Å². The highest BCUT2D eigenvalue weighted by molar-refractivity contribution is 5.73. The Morgan fingerprint density at radius 3 is 2.73 bits per heavy atom. The quantitative estimate of drug-likeness (QED) is 0.809. The lowest BCUT2D eigenvalue weighted by molar-refractivity contribution is -0.147. The van der Waals surface area contributed by atoms with Crippen LogP contribution in [0.25, 0.3) is 0 Å². The van der Waals surface area contributed by atoms with Gasteiger partial charge in [-0.3, -0.25) is 9.48 Å². The Balaban J connectivity index is 2.40. The molecule has 1 aromatic rings. The zero-order valence-corrected chi connectivity index (χ0v) is 9.53. The number of aryl methyl sites for hydroxylation is 2. The predicted molar refractivity (Wildman–Crippen MR) is 57.6 cm³/mol. The lowest BCUT2D eigenvalue weighted by Gasteiger charge is -2.18. The smallest absolute Gasteiger partial charge is 0.309 e. The predicted octanol–water partition coefficient (Wildman–Crippen LogP) is 2.08. The second-order valence-corrected chi connectivity index (χ2v) is 4.49. The lowest BCUT2D eigenvalue weighted by Crippen LogP contribution is -2.24. The van der Waals surface area contributed by atoms with Crippen LogP contribution in [0.15, 0.2) is 12.3 Å². The molecule has 0 aromatic carbocycles. The summed E-state index contributed by atoms with van der Waals surface area (Å²) in [4.78, 5) is 10.9. The van der Waals surface area contributed by atoms with Crippen molar-refractivity contribution in [3.63, 3.8) is 0 Å². The van der Waals surface area contributed by atoms with Gasteiger partial charge in [0.15, 0.2) is 0 Å². The maximum atomic E-state index is 10.9. The van der Waals surface area contributed by atoms with Crippen molar-refractivity contribution < 1.29 is 9.90 Å². The van der Waals surface area contributed by atoms with Crippen molar-refractivity contribution in [2.45, 2.75) is 40.2 Å². The van der Waals surface area contributed by atoms with Crippen molar-refractivity contribution >= 4 is 5.97 Å². The van der Waals surface area contributed by atoms with Gasteiger partial charge in [0.1, 0.15) is 0 Å². The van der Waals surface area contributed by atoms with Gasteiger partial charge < -0.3 is 5.11 Å². The van der Waals surface area contributed by atoms with Gasteiger partial charge in [-0.15, -0.1) is 0 Å². The van der Waals surface area contributed by atoms with E-state index in [1.54, 1.807) is 20.0 Å². The Labute approximate surface area is 89.9 Å². The molecule has 1 aromatic heterocycles. The number of hydrogen-bond donors (Lipinski definition) is 1. The van der Waals surface area contributed by atoms with Crippen molar-refractivity contribution in [2.24, 2.45) is 5.41 Å². The zero-order chi connectivity index (χ0) is 11.5. The fourth-order valence-corrected chi connectivity index (χ4v) is 1.41. The highest BCUT2D eigenvalue weighted by atomic mass is 16.4.